The Balaban J connectivity index is 1.41. The molecule has 2 N–H and O–H groups in total. The van der Waals surface area contributed by atoms with Gasteiger partial charge in [0, 0.05) is 18.3 Å². The average molecular weight is 380 g/mol. The van der Waals surface area contributed by atoms with Crippen LogP contribution in [0.3, 0.4) is 0 Å². The van der Waals surface area contributed by atoms with Crippen LogP contribution in [-0.4, -0.2) is 43.4 Å². The minimum absolute atomic E-state index is 0.0307. The molecule has 0 saturated carbocycles. The van der Waals surface area contributed by atoms with Crippen molar-refractivity contribution >= 4 is 17.5 Å². The first-order chi connectivity index (χ1) is 13.6. The van der Waals surface area contributed by atoms with Gasteiger partial charge in [0.15, 0.2) is 0 Å². The smallest absolute Gasteiger partial charge is 0.251 e. The number of nitrogens with one attached hydrogen (secondary N) is 2. The van der Waals surface area contributed by atoms with Crippen LogP contribution in [0.5, 0.6) is 0 Å². The summed E-state index contributed by atoms with van der Waals surface area (Å²) in [6.45, 7) is 2.33. The first kappa shape index (κ1) is 20.1. The molecule has 0 aliphatic carbocycles. The van der Waals surface area contributed by atoms with E-state index in [-0.39, 0.29) is 11.8 Å². The molecule has 0 spiro atoms. The van der Waals surface area contributed by atoms with Gasteiger partial charge >= 0.3 is 0 Å². The summed E-state index contributed by atoms with van der Waals surface area (Å²) < 4.78 is 0. The van der Waals surface area contributed by atoms with E-state index in [4.69, 9.17) is 0 Å². The van der Waals surface area contributed by atoms with Crippen LogP contribution in [0.2, 0.25) is 0 Å². The predicted octanol–water partition coefficient (Wildman–Crippen LogP) is 3.33. The number of carbonyl (C=O) groups excluding carboxylic acids is 2. The Morgan fingerprint density at radius 2 is 1.79 bits per heavy atom. The lowest BCUT2D eigenvalue weighted by atomic mass is 9.90. The zero-order valence-corrected chi connectivity index (χ0v) is 16.5. The van der Waals surface area contributed by atoms with Crippen molar-refractivity contribution in [3.63, 3.8) is 0 Å². The highest BCUT2D eigenvalue weighted by molar-refractivity contribution is 5.97. The van der Waals surface area contributed by atoms with Crippen LogP contribution in [0.1, 0.15) is 35.2 Å². The minimum Gasteiger partial charge on any atom is -0.355 e. The van der Waals surface area contributed by atoms with Crippen LogP contribution >= 0.6 is 0 Å². The molecule has 0 unspecified atom stereocenters. The van der Waals surface area contributed by atoms with Crippen molar-refractivity contribution in [2.24, 2.45) is 5.92 Å². The normalized spacial score (nSPS) is 15.2. The first-order valence-electron chi connectivity index (χ1n) is 10.0. The highest BCUT2D eigenvalue weighted by Crippen LogP contribution is 2.22. The van der Waals surface area contributed by atoms with E-state index < -0.39 is 0 Å². The van der Waals surface area contributed by atoms with Crippen molar-refractivity contribution in [2.75, 3.05) is 32.0 Å². The van der Waals surface area contributed by atoms with E-state index in [2.05, 4.69) is 45.9 Å². The fraction of sp³-hybridized carbons (Fsp3) is 0.391. The SMILES string of the molecule is CNC(=O)c1cccc(NC(=O)CN2CCC(CCc3ccccc3)CC2)c1. The molecule has 1 saturated heterocycles. The Hall–Kier alpha value is -2.66. The molecule has 1 aliphatic heterocycles. The zero-order chi connectivity index (χ0) is 19.8. The lowest BCUT2D eigenvalue weighted by molar-refractivity contribution is -0.117. The molecule has 3 rings (SSSR count). The molecule has 2 aromatic carbocycles. The molecule has 28 heavy (non-hydrogen) atoms. The van der Waals surface area contributed by atoms with Gasteiger partial charge in [0.25, 0.3) is 5.91 Å². The third-order valence-electron chi connectivity index (χ3n) is 5.39. The molecule has 5 nitrogen and oxygen atoms in total. The van der Waals surface area contributed by atoms with Crippen LogP contribution < -0.4 is 10.6 Å². The fourth-order valence-electron chi connectivity index (χ4n) is 3.73. The third-order valence-corrected chi connectivity index (χ3v) is 5.39. The number of benzene rings is 2. The highest BCUT2D eigenvalue weighted by atomic mass is 16.2. The minimum atomic E-state index is -0.159. The standard InChI is InChI=1S/C23H29N3O2/c1-24-23(28)20-8-5-9-21(16-20)25-22(27)17-26-14-12-19(13-15-26)11-10-18-6-3-2-4-7-18/h2-9,16,19H,10-15,17H2,1H3,(H,24,28)(H,25,27). The number of anilines is 1. The fourth-order valence-corrected chi connectivity index (χ4v) is 3.73. The Labute approximate surface area is 167 Å². The number of carbonyl (C=O) groups is 2. The number of amides is 2. The van der Waals surface area contributed by atoms with Crippen LogP contribution in [0.4, 0.5) is 5.69 Å². The second kappa shape index (κ2) is 10.0. The van der Waals surface area contributed by atoms with Gasteiger partial charge in [-0.2, -0.15) is 0 Å². The van der Waals surface area contributed by atoms with Crippen molar-refractivity contribution in [3.8, 4) is 0 Å². The van der Waals surface area contributed by atoms with Crippen LogP contribution in [0.25, 0.3) is 0 Å². The summed E-state index contributed by atoms with van der Waals surface area (Å²) in [5.41, 5.74) is 2.60. The highest BCUT2D eigenvalue weighted by Gasteiger charge is 2.20. The van der Waals surface area contributed by atoms with Crippen molar-refractivity contribution in [1.82, 2.24) is 10.2 Å². The van der Waals surface area contributed by atoms with E-state index in [0.29, 0.717) is 17.8 Å². The summed E-state index contributed by atoms with van der Waals surface area (Å²) in [4.78, 5) is 26.3. The predicted molar refractivity (Wildman–Crippen MR) is 112 cm³/mol. The number of hydrogen-bond donors (Lipinski definition) is 2. The summed E-state index contributed by atoms with van der Waals surface area (Å²) in [7, 11) is 1.59. The molecule has 0 radical (unpaired) electrons. The first-order valence-corrected chi connectivity index (χ1v) is 10.0. The van der Waals surface area contributed by atoms with Gasteiger partial charge < -0.3 is 10.6 Å². The molecular weight excluding hydrogens is 350 g/mol. The second-order valence-electron chi connectivity index (χ2n) is 7.45. The summed E-state index contributed by atoms with van der Waals surface area (Å²) in [6, 6.07) is 17.7. The third kappa shape index (κ3) is 5.92. The Morgan fingerprint density at radius 3 is 2.50 bits per heavy atom. The summed E-state index contributed by atoms with van der Waals surface area (Å²) in [5.74, 6) is 0.550. The Bertz CT molecular complexity index is 783. The molecular formula is C23H29N3O2. The number of nitrogens with zero attached hydrogens (tertiary/aromatic N) is 1. The van der Waals surface area contributed by atoms with E-state index in [1.165, 1.54) is 12.0 Å². The van der Waals surface area contributed by atoms with Gasteiger partial charge in [-0.1, -0.05) is 36.4 Å². The molecule has 0 aromatic heterocycles. The topological polar surface area (TPSA) is 61.4 Å². The molecule has 1 aliphatic rings. The van der Waals surface area contributed by atoms with Crippen molar-refractivity contribution in [3.05, 3.63) is 65.7 Å². The van der Waals surface area contributed by atoms with E-state index in [0.717, 1.165) is 38.3 Å². The summed E-state index contributed by atoms with van der Waals surface area (Å²) in [5, 5.41) is 5.50. The lowest BCUT2D eigenvalue weighted by Gasteiger charge is -2.31. The lowest BCUT2D eigenvalue weighted by Crippen LogP contribution is -2.39. The van der Waals surface area contributed by atoms with Crippen molar-refractivity contribution in [2.45, 2.75) is 25.7 Å². The average Bonchev–Trinajstić information content (AvgIpc) is 2.73. The number of likely N-dealkylation sites (tertiary alicyclic amines) is 1. The van der Waals surface area contributed by atoms with E-state index in [1.54, 1.807) is 31.3 Å². The Kier molecular flexibility index (Phi) is 7.20. The van der Waals surface area contributed by atoms with E-state index in [9.17, 15) is 9.59 Å². The molecule has 2 amide bonds. The number of hydrogen-bond acceptors (Lipinski definition) is 3. The maximum absolute atomic E-state index is 12.4. The molecule has 1 fully saturated rings. The Morgan fingerprint density at radius 1 is 1.04 bits per heavy atom. The summed E-state index contributed by atoms with van der Waals surface area (Å²) in [6.07, 6.45) is 4.64. The van der Waals surface area contributed by atoms with E-state index in [1.807, 2.05) is 0 Å². The molecule has 1 heterocycles. The van der Waals surface area contributed by atoms with Crippen LogP contribution in [0, 0.1) is 5.92 Å². The van der Waals surface area contributed by atoms with Gasteiger partial charge in [-0.05, 0) is 68.5 Å². The molecule has 148 valence electrons. The molecule has 2 aromatic rings. The van der Waals surface area contributed by atoms with Crippen molar-refractivity contribution < 1.29 is 9.59 Å². The van der Waals surface area contributed by atoms with Gasteiger partial charge in [-0.25, -0.2) is 0 Å². The van der Waals surface area contributed by atoms with Gasteiger partial charge in [0.1, 0.15) is 0 Å². The number of rotatable bonds is 7. The zero-order valence-electron chi connectivity index (χ0n) is 16.5. The quantitative estimate of drug-likeness (QED) is 0.776. The van der Waals surface area contributed by atoms with Crippen LogP contribution in [-0.2, 0) is 11.2 Å². The van der Waals surface area contributed by atoms with Gasteiger partial charge in [-0.3, -0.25) is 14.5 Å². The van der Waals surface area contributed by atoms with Gasteiger partial charge in [-0.15, -0.1) is 0 Å². The monoisotopic (exact) mass is 379 g/mol. The van der Waals surface area contributed by atoms with Gasteiger partial charge in [0.2, 0.25) is 5.91 Å². The second-order valence-corrected chi connectivity index (χ2v) is 7.45. The number of piperidine rings is 1. The maximum atomic E-state index is 12.4. The van der Waals surface area contributed by atoms with E-state index >= 15 is 0 Å². The molecule has 0 bridgehead atoms. The van der Waals surface area contributed by atoms with Crippen molar-refractivity contribution in [1.29, 1.82) is 0 Å². The van der Waals surface area contributed by atoms with Crippen LogP contribution in [0.15, 0.2) is 54.6 Å². The number of aryl methyl sites for hydroxylation is 1. The maximum Gasteiger partial charge on any atom is 0.251 e. The summed E-state index contributed by atoms with van der Waals surface area (Å²) >= 11 is 0. The molecule has 0 atom stereocenters. The largest absolute Gasteiger partial charge is 0.355 e. The van der Waals surface area contributed by atoms with Gasteiger partial charge in [0.05, 0.1) is 6.54 Å². The molecule has 5 heteroatoms.